The fourth-order valence-corrected chi connectivity index (χ4v) is 3.52. The summed E-state index contributed by atoms with van der Waals surface area (Å²) in [6.45, 7) is 5.20. The van der Waals surface area contributed by atoms with Crippen LogP contribution in [-0.4, -0.2) is 57.8 Å². The fourth-order valence-electron chi connectivity index (χ4n) is 3.52. The lowest BCUT2D eigenvalue weighted by Crippen LogP contribution is -2.37. The van der Waals surface area contributed by atoms with Gasteiger partial charge in [-0.25, -0.2) is 9.48 Å². The minimum Gasteiger partial charge on any atom is -0.441 e. The van der Waals surface area contributed by atoms with Crippen molar-refractivity contribution in [2.75, 3.05) is 13.2 Å². The van der Waals surface area contributed by atoms with Gasteiger partial charge in [0.05, 0.1) is 13.2 Å². The number of aromatic nitrogens is 4. The fraction of sp³-hybridized carbons (Fsp3) is 0.556. The lowest BCUT2D eigenvalue weighted by molar-refractivity contribution is 0.00279. The zero-order valence-corrected chi connectivity index (χ0v) is 15.3. The standard InChI is InChI=1S/C18H23N5O4/c1-11(2)17-20-21-22-23(17)13-9-25-16-14(10-26-15(13)16)27-18(24)19-8-12-6-4-3-5-7-12/h3-7,11,13-16H,8-10H2,1-2H3,(H,19,24)/t13-,14+,15+,16+/m0/s1. The molecule has 2 aromatic rings. The highest BCUT2D eigenvalue weighted by atomic mass is 16.6. The van der Waals surface area contributed by atoms with Crippen molar-refractivity contribution < 1.29 is 19.0 Å². The molecule has 0 unspecified atom stereocenters. The summed E-state index contributed by atoms with van der Waals surface area (Å²) in [5, 5.41) is 14.7. The first kappa shape index (κ1) is 17.9. The van der Waals surface area contributed by atoms with Crippen LogP contribution in [0.4, 0.5) is 4.79 Å². The zero-order chi connectivity index (χ0) is 18.8. The van der Waals surface area contributed by atoms with Gasteiger partial charge in [-0.3, -0.25) is 0 Å². The van der Waals surface area contributed by atoms with Crippen molar-refractivity contribution in [2.45, 2.75) is 50.7 Å². The Morgan fingerprint density at radius 2 is 2.04 bits per heavy atom. The van der Waals surface area contributed by atoms with Crippen molar-refractivity contribution >= 4 is 6.09 Å². The van der Waals surface area contributed by atoms with Crippen LogP contribution >= 0.6 is 0 Å². The number of tetrazole rings is 1. The van der Waals surface area contributed by atoms with E-state index >= 15 is 0 Å². The van der Waals surface area contributed by atoms with E-state index in [1.807, 2.05) is 44.2 Å². The molecule has 9 nitrogen and oxygen atoms in total. The minimum atomic E-state index is -0.481. The molecule has 1 amide bonds. The molecule has 2 saturated heterocycles. The lowest BCUT2D eigenvalue weighted by Gasteiger charge is -2.18. The third-order valence-corrected chi connectivity index (χ3v) is 4.87. The summed E-state index contributed by atoms with van der Waals surface area (Å²) in [5.41, 5.74) is 1.01. The summed E-state index contributed by atoms with van der Waals surface area (Å²) >= 11 is 0. The number of alkyl carbamates (subject to hydrolysis) is 1. The highest BCUT2D eigenvalue weighted by molar-refractivity contribution is 5.67. The van der Waals surface area contributed by atoms with E-state index in [9.17, 15) is 4.79 Å². The van der Waals surface area contributed by atoms with Crippen LogP contribution in [0.5, 0.6) is 0 Å². The first-order valence-electron chi connectivity index (χ1n) is 9.13. The maximum Gasteiger partial charge on any atom is 0.407 e. The average Bonchev–Trinajstić information content (AvgIpc) is 3.38. The van der Waals surface area contributed by atoms with Crippen LogP contribution in [0.2, 0.25) is 0 Å². The Labute approximate surface area is 157 Å². The van der Waals surface area contributed by atoms with Gasteiger partial charge >= 0.3 is 6.09 Å². The van der Waals surface area contributed by atoms with Gasteiger partial charge in [-0.05, 0) is 16.0 Å². The Morgan fingerprint density at radius 1 is 1.26 bits per heavy atom. The molecule has 4 rings (SSSR count). The Hall–Kier alpha value is -2.52. The van der Waals surface area contributed by atoms with Gasteiger partial charge in [0.25, 0.3) is 0 Å². The van der Waals surface area contributed by atoms with Gasteiger partial charge in [-0.15, -0.1) is 5.10 Å². The van der Waals surface area contributed by atoms with Crippen LogP contribution in [0.25, 0.3) is 0 Å². The number of carbonyl (C=O) groups is 1. The van der Waals surface area contributed by atoms with Gasteiger partial charge in [-0.2, -0.15) is 0 Å². The predicted octanol–water partition coefficient (Wildman–Crippen LogP) is 1.43. The number of amides is 1. The molecule has 9 heteroatoms. The number of fused-ring (bicyclic) bond motifs is 1. The molecule has 144 valence electrons. The summed E-state index contributed by atoms with van der Waals surface area (Å²) in [7, 11) is 0. The Bertz CT molecular complexity index is 781. The summed E-state index contributed by atoms with van der Waals surface area (Å²) in [5.74, 6) is 0.981. The Morgan fingerprint density at radius 3 is 2.81 bits per heavy atom. The third-order valence-electron chi connectivity index (χ3n) is 4.87. The molecule has 27 heavy (non-hydrogen) atoms. The maximum atomic E-state index is 12.1. The molecule has 0 saturated carbocycles. The molecule has 2 aliphatic rings. The monoisotopic (exact) mass is 373 g/mol. The van der Waals surface area contributed by atoms with Crippen LogP contribution < -0.4 is 5.32 Å². The van der Waals surface area contributed by atoms with Crippen LogP contribution in [0, 0.1) is 0 Å². The molecule has 1 aromatic heterocycles. The highest BCUT2D eigenvalue weighted by Crippen LogP contribution is 2.36. The number of hydrogen-bond acceptors (Lipinski definition) is 7. The van der Waals surface area contributed by atoms with E-state index in [1.54, 1.807) is 4.68 Å². The van der Waals surface area contributed by atoms with Crippen molar-refractivity contribution in [3.63, 3.8) is 0 Å². The maximum absolute atomic E-state index is 12.1. The SMILES string of the molecule is CC(C)c1nnnn1[C@H]1CO[C@H]2[C@@H]1OC[C@H]2OC(=O)NCc1ccccc1. The number of nitrogens with zero attached hydrogens (tertiary/aromatic N) is 4. The van der Waals surface area contributed by atoms with Crippen molar-refractivity contribution in [3.05, 3.63) is 41.7 Å². The number of rotatable bonds is 5. The van der Waals surface area contributed by atoms with Gasteiger partial charge in [-0.1, -0.05) is 44.2 Å². The molecule has 0 aliphatic carbocycles. The third kappa shape index (κ3) is 3.65. The molecule has 1 N–H and O–H groups in total. The zero-order valence-electron chi connectivity index (χ0n) is 15.3. The highest BCUT2D eigenvalue weighted by Gasteiger charge is 2.51. The van der Waals surface area contributed by atoms with E-state index in [0.29, 0.717) is 19.8 Å². The Balaban J connectivity index is 1.35. The molecule has 0 spiro atoms. The van der Waals surface area contributed by atoms with Gasteiger partial charge in [0.15, 0.2) is 11.9 Å². The molecule has 0 radical (unpaired) electrons. The Kier molecular flexibility index (Phi) is 5.04. The van der Waals surface area contributed by atoms with E-state index < -0.39 is 12.2 Å². The normalized spacial score (nSPS) is 26.9. The molecule has 2 fully saturated rings. The predicted molar refractivity (Wildman–Crippen MR) is 94.0 cm³/mol. The van der Waals surface area contributed by atoms with E-state index in [4.69, 9.17) is 14.2 Å². The summed E-state index contributed by atoms with van der Waals surface area (Å²) in [4.78, 5) is 12.1. The average molecular weight is 373 g/mol. The minimum absolute atomic E-state index is 0.122. The van der Waals surface area contributed by atoms with Gasteiger partial charge in [0.1, 0.15) is 18.2 Å². The number of carbonyl (C=O) groups excluding carboxylic acids is 1. The second-order valence-corrected chi connectivity index (χ2v) is 7.08. The largest absolute Gasteiger partial charge is 0.441 e. The number of ether oxygens (including phenoxy) is 3. The molecule has 1 aromatic carbocycles. The summed E-state index contributed by atoms with van der Waals surface area (Å²) in [6, 6.07) is 9.55. The number of hydrogen-bond donors (Lipinski definition) is 1. The van der Waals surface area contributed by atoms with E-state index in [0.717, 1.165) is 11.4 Å². The molecule has 0 bridgehead atoms. The first-order chi connectivity index (χ1) is 13.1. The van der Waals surface area contributed by atoms with E-state index in [2.05, 4.69) is 20.8 Å². The van der Waals surface area contributed by atoms with Crippen LogP contribution in [0.15, 0.2) is 30.3 Å². The molecule has 3 heterocycles. The van der Waals surface area contributed by atoms with Crippen LogP contribution in [0.1, 0.15) is 37.2 Å². The van der Waals surface area contributed by atoms with Crippen molar-refractivity contribution in [3.8, 4) is 0 Å². The van der Waals surface area contributed by atoms with E-state index in [-0.39, 0.29) is 24.2 Å². The van der Waals surface area contributed by atoms with Crippen molar-refractivity contribution in [1.29, 1.82) is 0 Å². The number of benzene rings is 1. The molecular formula is C18H23N5O4. The smallest absolute Gasteiger partial charge is 0.407 e. The van der Waals surface area contributed by atoms with E-state index in [1.165, 1.54) is 0 Å². The quantitative estimate of drug-likeness (QED) is 0.846. The summed E-state index contributed by atoms with van der Waals surface area (Å²) in [6.07, 6.45) is -1.49. The van der Waals surface area contributed by atoms with Gasteiger partial charge in [0.2, 0.25) is 0 Å². The number of nitrogens with one attached hydrogen (secondary N) is 1. The van der Waals surface area contributed by atoms with Crippen molar-refractivity contribution in [1.82, 2.24) is 25.5 Å². The topological polar surface area (TPSA) is 100 Å². The van der Waals surface area contributed by atoms with Crippen molar-refractivity contribution in [2.24, 2.45) is 0 Å². The summed E-state index contributed by atoms with van der Waals surface area (Å²) < 4.78 is 19.1. The lowest BCUT2D eigenvalue weighted by atomic mass is 10.1. The molecule has 2 aliphatic heterocycles. The van der Waals surface area contributed by atoms with Gasteiger partial charge < -0.3 is 19.5 Å². The van der Waals surface area contributed by atoms with Gasteiger partial charge in [0, 0.05) is 12.5 Å². The molecule has 4 atom stereocenters. The van der Waals surface area contributed by atoms with Crippen LogP contribution in [-0.2, 0) is 20.8 Å². The second kappa shape index (κ2) is 7.61. The first-order valence-corrected chi connectivity index (χ1v) is 9.13. The molecular weight excluding hydrogens is 350 g/mol. The second-order valence-electron chi connectivity index (χ2n) is 7.08. The van der Waals surface area contributed by atoms with Crippen LogP contribution in [0.3, 0.4) is 0 Å².